The molecule has 0 aromatic heterocycles. The van der Waals surface area contributed by atoms with Gasteiger partial charge in [-0.15, -0.1) is 6.58 Å². The second kappa shape index (κ2) is 6.82. The van der Waals surface area contributed by atoms with Crippen LogP contribution in [0.1, 0.15) is 12.0 Å². The quantitative estimate of drug-likeness (QED) is 0.764. The first-order valence-corrected chi connectivity index (χ1v) is 6.46. The van der Waals surface area contributed by atoms with Crippen molar-refractivity contribution in [3.05, 3.63) is 48.6 Å². The van der Waals surface area contributed by atoms with Gasteiger partial charge in [-0.05, 0) is 12.0 Å². The Balaban J connectivity index is 1.79. The van der Waals surface area contributed by atoms with Gasteiger partial charge in [-0.25, -0.2) is 0 Å². The van der Waals surface area contributed by atoms with Gasteiger partial charge in [0, 0.05) is 5.92 Å². The Hall–Kier alpha value is -1.20. The van der Waals surface area contributed by atoms with Gasteiger partial charge in [0.1, 0.15) is 6.10 Å². The first-order chi connectivity index (χ1) is 9.22. The lowest BCUT2D eigenvalue weighted by Gasteiger charge is -2.16. The van der Waals surface area contributed by atoms with Crippen molar-refractivity contribution < 1.29 is 19.7 Å². The van der Waals surface area contributed by atoms with Gasteiger partial charge in [-0.1, -0.05) is 36.4 Å². The van der Waals surface area contributed by atoms with Crippen molar-refractivity contribution in [2.75, 3.05) is 6.61 Å². The molecule has 1 aliphatic heterocycles. The number of aliphatic hydroxyl groups excluding tert-OH is 2. The molecule has 1 fully saturated rings. The molecule has 0 unspecified atom stereocenters. The molecule has 1 heterocycles. The number of allylic oxidation sites excluding steroid dienone is 1. The van der Waals surface area contributed by atoms with Gasteiger partial charge in [0.15, 0.2) is 6.29 Å². The summed E-state index contributed by atoms with van der Waals surface area (Å²) < 4.78 is 10.8. The van der Waals surface area contributed by atoms with Crippen molar-refractivity contribution in [1.29, 1.82) is 0 Å². The van der Waals surface area contributed by atoms with E-state index in [0.29, 0.717) is 13.0 Å². The smallest absolute Gasteiger partial charge is 0.160 e. The van der Waals surface area contributed by atoms with Crippen LogP contribution in [0.15, 0.2) is 43.0 Å². The van der Waals surface area contributed by atoms with Crippen molar-refractivity contribution in [1.82, 2.24) is 0 Å². The molecule has 19 heavy (non-hydrogen) atoms. The van der Waals surface area contributed by atoms with Crippen molar-refractivity contribution in [3.8, 4) is 0 Å². The lowest BCUT2D eigenvalue weighted by Crippen LogP contribution is -2.30. The maximum absolute atomic E-state index is 10.0. The van der Waals surface area contributed by atoms with Crippen LogP contribution in [0.4, 0.5) is 0 Å². The van der Waals surface area contributed by atoms with Crippen LogP contribution in [0, 0.1) is 5.92 Å². The van der Waals surface area contributed by atoms with Crippen LogP contribution in [0.25, 0.3) is 0 Å². The SMILES string of the molecule is C=CC[C@H]1[C@H](O)[C@@H](COCc2ccccc2)O[C@@H]1O. The number of benzene rings is 1. The van der Waals surface area contributed by atoms with Crippen LogP contribution in [-0.4, -0.2) is 35.3 Å². The van der Waals surface area contributed by atoms with Gasteiger partial charge < -0.3 is 19.7 Å². The summed E-state index contributed by atoms with van der Waals surface area (Å²) in [4.78, 5) is 0. The number of aliphatic hydroxyl groups is 2. The van der Waals surface area contributed by atoms with E-state index in [1.165, 1.54) is 0 Å². The summed E-state index contributed by atoms with van der Waals surface area (Å²) in [6.45, 7) is 4.34. The van der Waals surface area contributed by atoms with Crippen LogP contribution in [0.3, 0.4) is 0 Å². The van der Waals surface area contributed by atoms with E-state index in [2.05, 4.69) is 6.58 Å². The van der Waals surface area contributed by atoms with Gasteiger partial charge in [0.2, 0.25) is 0 Å². The van der Waals surface area contributed by atoms with E-state index in [1.54, 1.807) is 6.08 Å². The summed E-state index contributed by atoms with van der Waals surface area (Å²) in [7, 11) is 0. The molecule has 4 nitrogen and oxygen atoms in total. The van der Waals surface area contributed by atoms with Gasteiger partial charge in [-0.3, -0.25) is 0 Å². The molecule has 1 aromatic carbocycles. The highest BCUT2D eigenvalue weighted by Crippen LogP contribution is 2.28. The summed E-state index contributed by atoms with van der Waals surface area (Å²) in [6, 6.07) is 9.79. The van der Waals surface area contributed by atoms with Crippen molar-refractivity contribution >= 4 is 0 Å². The summed E-state index contributed by atoms with van der Waals surface area (Å²) in [5.74, 6) is -0.317. The van der Waals surface area contributed by atoms with E-state index < -0.39 is 18.5 Å². The Labute approximate surface area is 113 Å². The minimum absolute atomic E-state index is 0.265. The normalized spacial score (nSPS) is 30.4. The fourth-order valence-electron chi connectivity index (χ4n) is 2.26. The lowest BCUT2D eigenvalue weighted by atomic mass is 9.97. The highest BCUT2D eigenvalue weighted by molar-refractivity contribution is 5.13. The van der Waals surface area contributed by atoms with Crippen LogP contribution in [-0.2, 0) is 16.1 Å². The first-order valence-electron chi connectivity index (χ1n) is 6.46. The summed E-state index contributed by atoms with van der Waals surface area (Å²) in [5.41, 5.74) is 1.07. The molecule has 0 saturated carbocycles. The van der Waals surface area contributed by atoms with Crippen molar-refractivity contribution in [3.63, 3.8) is 0 Å². The second-order valence-corrected chi connectivity index (χ2v) is 4.74. The van der Waals surface area contributed by atoms with Gasteiger partial charge >= 0.3 is 0 Å². The predicted octanol–water partition coefficient (Wildman–Crippen LogP) is 1.47. The van der Waals surface area contributed by atoms with Crippen molar-refractivity contribution in [2.45, 2.75) is 31.5 Å². The molecule has 1 aliphatic rings. The van der Waals surface area contributed by atoms with Crippen LogP contribution in [0.5, 0.6) is 0 Å². The Morgan fingerprint density at radius 3 is 2.68 bits per heavy atom. The molecule has 0 bridgehead atoms. The highest BCUT2D eigenvalue weighted by Gasteiger charge is 2.41. The van der Waals surface area contributed by atoms with Gasteiger partial charge in [-0.2, -0.15) is 0 Å². The van der Waals surface area contributed by atoms with Crippen LogP contribution >= 0.6 is 0 Å². The summed E-state index contributed by atoms with van der Waals surface area (Å²) in [5, 5.41) is 19.7. The average molecular weight is 264 g/mol. The van der Waals surface area contributed by atoms with Crippen LogP contribution in [0.2, 0.25) is 0 Å². The third-order valence-electron chi connectivity index (χ3n) is 3.33. The number of ether oxygens (including phenoxy) is 2. The Morgan fingerprint density at radius 2 is 2.00 bits per heavy atom. The van der Waals surface area contributed by atoms with Gasteiger partial charge in [0.25, 0.3) is 0 Å². The third-order valence-corrected chi connectivity index (χ3v) is 3.33. The number of hydrogen-bond acceptors (Lipinski definition) is 4. The zero-order valence-corrected chi connectivity index (χ0v) is 10.8. The summed E-state index contributed by atoms with van der Waals surface area (Å²) >= 11 is 0. The molecular weight excluding hydrogens is 244 g/mol. The molecule has 2 rings (SSSR count). The topological polar surface area (TPSA) is 58.9 Å². The fraction of sp³-hybridized carbons (Fsp3) is 0.467. The minimum Gasteiger partial charge on any atom is -0.390 e. The Kier molecular flexibility index (Phi) is 5.10. The third kappa shape index (κ3) is 3.64. The average Bonchev–Trinajstić information content (AvgIpc) is 2.68. The monoisotopic (exact) mass is 264 g/mol. The predicted molar refractivity (Wildman–Crippen MR) is 71.3 cm³/mol. The highest BCUT2D eigenvalue weighted by atomic mass is 16.6. The minimum atomic E-state index is -0.946. The zero-order valence-electron chi connectivity index (χ0n) is 10.8. The molecule has 0 radical (unpaired) electrons. The molecule has 0 aliphatic carbocycles. The molecule has 1 saturated heterocycles. The van der Waals surface area contributed by atoms with E-state index in [-0.39, 0.29) is 12.5 Å². The number of hydrogen-bond donors (Lipinski definition) is 2. The van der Waals surface area contributed by atoms with E-state index in [9.17, 15) is 10.2 Å². The number of rotatable bonds is 6. The fourth-order valence-corrected chi connectivity index (χ4v) is 2.26. The summed E-state index contributed by atoms with van der Waals surface area (Å²) in [6.07, 6.45) is 0.0522. The molecule has 2 N–H and O–H groups in total. The molecule has 0 spiro atoms. The molecule has 4 atom stereocenters. The van der Waals surface area contributed by atoms with E-state index in [0.717, 1.165) is 5.56 Å². The van der Waals surface area contributed by atoms with E-state index in [4.69, 9.17) is 9.47 Å². The molecule has 1 aromatic rings. The standard InChI is InChI=1S/C15H20O4/c1-2-6-12-14(16)13(19-15(12)17)10-18-9-11-7-4-3-5-8-11/h2-5,7-8,12-17H,1,6,9-10H2/t12-,13+,14-,15-/m0/s1. The van der Waals surface area contributed by atoms with Crippen LogP contribution < -0.4 is 0 Å². The maximum atomic E-state index is 10.0. The van der Waals surface area contributed by atoms with Crippen molar-refractivity contribution in [2.24, 2.45) is 5.92 Å². The molecule has 0 amide bonds. The molecule has 104 valence electrons. The molecule has 4 heteroatoms. The Bertz CT molecular complexity index is 392. The first kappa shape index (κ1) is 14.2. The molecular formula is C15H20O4. The zero-order chi connectivity index (χ0) is 13.7. The largest absolute Gasteiger partial charge is 0.390 e. The van der Waals surface area contributed by atoms with Gasteiger partial charge in [0.05, 0.1) is 19.3 Å². The second-order valence-electron chi connectivity index (χ2n) is 4.74. The van der Waals surface area contributed by atoms with E-state index >= 15 is 0 Å². The maximum Gasteiger partial charge on any atom is 0.160 e. The Morgan fingerprint density at radius 1 is 1.26 bits per heavy atom. The lowest BCUT2D eigenvalue weighted by molar-refractivity contribution is -0.125. The van der Waals surface area contributed by atoms with E-state index in [1.807, 2.05) is 30.3 Å².